The van der Waals surface area contributed by atoms with Crippen LogP contribution in [0.15, 0.2) is 0 Å². The van der Waals surface area contributed by atoms with E-state index in [9.17, 15) is 0 Å². The van der Waals surface area contributed by atoms with Crippen LogP contribution in [-0.4, -0.2) is 12.6 Å². The largest absolute Gasteiger partial charge is 0.553 e. The monoisotopic (exact) mass is 185 g/mol. The lowest BCUT2D eigenvalue weighted by molar-refractivity contribution is 0.115. The predicted molar refractivity (Wildman–Crippen MR) is 56.2 cm³/mol. The molecular weight excluding hydrogens is 162 g/mol. The highest BCUT2D eigenvalue weighted by atomic mass is 16.5. The molecule has 0 aliphatic rings. The van der Waals surface area contributed by atoms with Crippen molar-refractivity contribution >= 4 is 0 Å². The molecule has 79 valence electrons. The van der Waals surface area contributed by atoms with E-state index in [0.717, 1.165) is 25.7 Å². The zero-order valence-electron chi connectivity index (χ0n) is 8.85. The standard InChI is InChI=1S/C11H23NO/c1-3-4-8-11(13-2)9-6-5-7-10-12/h11-12H,2-10H2,1H3/q-1. The molecule has 0 amide bonds. The molecule has 0 rings (SSSR count). The summed E-state index contributed by atoms with van der Waals surface area (Å²) in [6.45, 7) is 2.76. The van der Waals surface area contributed by atoms with Crippen LogP contribution in [0.2, 0.25) is 0 Å². The highest BCUT2D eigenvalue weighted by molar-refractivity contribution is 4.58. The van der Waals surface area contributed by atoms with Crippen LogP contribution in [0.1, 0.15) is 51.9 Å². The summed E-state index contributed by atoms with van der Waals surface area (Å²) < 4.78 is 5.14. The zero-order valence-corrected chi connectivity index (χ0v) is 8.85. The van der Waals surface area contributed by atoms with Crippen LogP contribution >= 0.6 is 0 Å². The van der Waals surface area contributed by atoms with Gasteiger partial charge in [-0.25, -0.2) is 7.11 Å². The van der Waals surface area contributed by atoms with Crippen molar-refractivity contribution in [3.63, 3.8) is 0 Å². The highest BCUT2D eigenvalue weighted by Crippen LogP contribution is 2.12. The Morgan fingerprint density at radius 3 is 2.38 bits per heavy atom. The third-order valence-electron chi connectivity index (χ3n) is 2.32. The predicted octanol–water partition coefficient (Wildman–Crippen LogP) is 3.20. The van der Waals surface area contributed by atoms with Crippen LogP contribution in [0.5, 0.6) is 0 Å². The van der Waals surface area contributed by atoms with Gasteiger partial charge in [0.15, 0.2) is 0 Å². The summed E-state index contributed by atoms with van der Waals surface area (Å²) >= 11 is 0. The fraction of sp³-hybridized carbons (Fsp3) is 0.909. The molecule has 1 N–H and O–H groups in total. The first-order chi connectivity index (χ1) is 6.35. The third kappa shape index (κ3) is 8.26. The number of nitrogens with one attached hydrogen (secondary N) is 1. The van der Waals surface area contributed by atoms with E-state index in [2.05, 4.69) is 14.0 Å². The van der Waals surface area contributed by atoms with Gasteiger partial charge in [-0.2, -0.15) is 0 Å². The van der Waals surface area contributed by atoms with E-state index in [1.807, 2.05) is 0 Å². The van der Waals surface area contributed by atoms with Gasteiger partial charge in [0.1, 0.15) is 0 Å². The Morgan fingerprint density at radius 1 is 1.15 bits per heavy atom. The second kappa shape index (κ2) is 10.0. The Hall–Kier alpha value is -0.0800. The van der Waals surface area contributed by atoms with Crippen LogP contribution in [0, 0.1) is 7.11 Å². The summed E-state index contributed by atoms with van der Waals surface area (Å²) in [6, 6.07) is 0. The van der Waals surface area contributed by atoms with Gasteiger partial charge >= 0.3 is 0 Å². The molecule has 0 fully saturated rings. The fourth-order valence-electron chi connectivity index (χ4n) is 1.42. The third-order valence-corrected chi connectivity index (χ3v) is 2.32. The van der Waals surface area contributed by atoms with Crippen LogP contribution in [0.3, 0.4) is 0 Å². The minimum atomic E-state index is 0.352. The van der Waals surface area contributed by atoms with Gasteiger partial charge in [0, 0.05) is 12.6 Å². The van der Waals surface area contributed by atoms with Gasteiger partial charge in [-0.1, -0.05) is 32.6 Å². The Bertz CT molecular complexity index is 96.1. The molecule has 0 aromatic carbocycles. The van der Waals surface area contributed by atoms with Crippen LogP contribution in [0.25, 0.3) is 0 Å². The molecular formula is C11H23NO-. The lowest BCUT2D eigenvalue weighted by atomic mass is 10.1. The fourth-order valence-corrected chi connectivity index (χ4v) is 1.42. The first kappa shape index (κ1) is 12.9. The maximum Gasteiger partial charge on any atom is 0.0228 e. The van der Waals surface area contributed by atoms with E-state index in [1.165, 1.54) is 19.3 Å². The van der Waals surface area contributed by atoms with Crippen molar-refractivity contribution in [3.8, 4) is 0 Å². The minimum Gasteiger partial charge on any atom is -0.553 e. The summed E-state index contributed by atoms with van der Waals surface area (Å²) in [4.78, 5) is 0. The van der Waals surface area contributed by atoms with Crippen molar-refractivity contribution < 1.29 is 4.74 Å². The molecule has 0 heterocycles. The molecule has 0 saturated heterocycles. The molecule has 2 heteroatoms. The second-order valence-electron chi connectivity index (χ2n) is 3.53. The molecule has 0 aromatic rings. The van der Waals surface area contributed by atoms with Crippen LogP contribution < -0.4 is 5.73 Å². The summed E-state index contributed by atoms with van der Waals surface area (Å²) in [5.41, 5.74) is 7.00. The van der Waals surface area contributed by atoms with Crippen molar-refractivity contribution in [1.82, 2.24) is 5.73 Å². The lowest BCUT2D eigenvalue weighted by Crippen LogP contribution is -2.09. The van der Waals surface area contributed by atoms with E-state index in [0.29, 0.717) is 12.6 Å². The first-order valence-electron chi connectivity index (χ1n) is 5.40. The summed E-state index contributed by atoms with van der Waals surface area (Å²) in [6.07, 6.45) is 8.44. The quantitative estimate of drug-likeness (QED) is 0.401. The van der Waals surface area contributed by atoms with Crippen molar-refractivity contribution in [2.45, 2.75) is 58.0 Å². The number of hydrogen-bond acceptors (Lipinski definition) is 1. The van der Waals surface area contributed by atoms with Crippen LogP contribution in [-0.2, 0) is 4.74 Å². The molecule has 0 saturated carbocycles. The highest BCUT2D eigenvalue weighted by Gasteiger charge is 2.02. The van der Waals surface area contributed by atoms with E-state index in [1.54, 1.807) is 0 Å². The summed E-state index contributed by atoms with van der Waals surface area (Å²) in [5, 5.41) is 0. The lowest BCUT2D eigenvalue weighted by Gasteiger charge is -2.19. The smallest absolute Gasteiger partial charge is 0.0228 e. The van der Waals surface area contributed by atoms with E-state index < -0.39 is 0 Å². The average Bonchev–Trinajstić information content (AvgIpc) is 2.17. The molecule has 0 aromatic heterocycles. The summed E-state index contributed by atoms with van der Waals surface area (Å²) in [5.74, 6) is 0. The molecule has 0 aliphatic heterocycles. The molecule has 0 spiro atoms. The van der Waals surface area contributed by atoms with E-state index in [-0.39, 0.29) is 0 Å². The van der Waals surface area contributed by atoms with Crippen molar-refractivity contribution in [3.05, 3.63) is 7.11 Å². The second-order valence-corrected chi connectivity index (χ2v) is 3.53. The molecule has 1 unspecified atom stereocenters. The van der Waals surface area contributed by atoms with Crippen molar-refractivity contribution in [2.24, 2.45) is 0 Å². The molecule has 1 radical (unpaired) electrons. The Labute approximate surface area is 82.8 Å². The van der Waals surface area contributed by atoms with Gasteiger partial charge in [-0.05, 0) is 19.3 Å². The van der Waals surface area contributed by atoms with E-state index >= 15 is 0 Å². The normalized spacial score (nSPS) is 13.2. The number of unbranched alkanes of at least 4 members (excludes halogenated alkanes) is 3. The molecule has 1 atom stereocenters. The zero-order chi connectivity index (χ0) is 9.94. The number of hydrogen-bond donors (Lipinski definition) is 0. The number of ether oxygens (including phenoxy) is 1. The molecule has 0 aliphatic carbocycles. The van der Waals surface area contributed by atoms with Gasteiger partial charge in [-0.15, -0.1) is 0 Å². The Kier molecular flexibility index (Phi) is 9.94. The SMILES string of the molecule is [CH2-]OC(CCCC)CCCCC[NH]. The molecule has 13 heavy (non-hydrogen) atoms. The van der Waals surface area contributed by atoms with Gasteiger partial charge < -0.3 is 4.74 Å². The van der Waals surface area contributed by atoms with Gasteiger partial charge in [0.2, 0.25) is 0 Å². The number of rotatable bonds is 9. The Balaban J connectivity index is 3.25. The van der Waals surface area contributed by atoms with E-state index in [4.69, 9.17) is 10.5 Å². The van der Waals surface area contributed by atoms with Crippen LogP contribution in [0.4, 0.5) is 0 Å². The molecule has 2 nitrogen and oxygen atoms in total. The van der Waals surface area contributed by atoms with Crippen molar-refractivity contribution in [1.29, 1.82) is 0 Å². The average molecular weight is 185 g/mol. The van der Waals surface area contributed by atoms with Gasteiger partial charge in [0.05, 0.1) is 0 Å². The topological polar surface area (TPSA) is 33.0 Å². The molecule has 0 bridgehead atoms. The maximum absolute atomic E-state index is 7.00. The first-order valence-corrected chi connectivity index (χ1v) is 5.40. The Morgan fingerprint density at radius 2 is 1.85 bits per heavy atom. The van der Waals surface area contributed by atoms with Gasteiger partial charge in [-0.3, -0.25) is 5.73 Å². The van der Waals surface area contributed by atoms with Crippen molar-refractivity contribution in [2.75, 3.05) is 6.54 Å². The van der Waals surface area contributed by atoms with Gasteiger partial charge in [0.25, 0.3) is 0 Å². The summed E-state index contributed by atoms with van der Waals surface area (Å²) in [7, 11) is 3.50. The maximum atomic E-state index is 7.00. The minimum absolute atomic E-state index is 0.352.